The van der Waals surface area contributed by atoms with E-state index in [9.17, 15) is 0 Å². The number of rotatable bonds is 2. The van der Waals surface area contributed by atoms with Gasteiger partial charge < -0.3 is 10.2 Å². The second kappa shape index (κ2) is 5.28. The third kappa shape index (κ3) is 2.39. The summed E-state index contributed by atoms with van der Waals surface area (Å²) < 4.78 is 0. The number of nitrogens with zero attached hydrogens (tertiary/aromatic N) is 3. The van der Waals surface area contributed by atoms with Crippen LogP contribution in [0.3, 0.4) is 0 Å². The van der Waals surface area contributed by atoms with Gasteiger partial charge in [0.1, 0.15) is 0 Å². The van der Waals surface area contributed by atoms with Crippen LogP contribution in [0.2, 0.25) is 0 Å². The largest absolute Gasteiger partial charge is 0.368 e. The van der Waals surface area contributed by atoms with Crippen LogP contribution in [0.25, 0.3) is 10.9 Å². The minimum atomic E-state index is 0.767. The SMILES string of the molecule is Cc1cc(N2CCN(C3CNC3)CC2)c2ccccc2n1. The number of anilines is 1. The summed E-state index contributed by atoms with van der Waals surface area (Å²) in [6, 6.07) is 11.5. The van der Waals surface area contributed by atoms with E-state index in [2.05, 4.69) is 57.4 Å². The van der Waals surface area contributed by atoms with Gasteiger partial charge in [-0.3, -0.25) is 9.88 Å². The van der Waals surface area contributed by atoms with E-state index < -0.39 is 0 Å². The molecule has 4 nitrogen and oxygen atoms in total. The summed E-state index contributed by atoms with van der Waals surface area (Å²) in [5.41, 5.74) is 3.57. The highest BCUT2D eigenvalue weighted by Crippen LogP contribution is 2.27. The standard InChI is InChI=1S/C17H22N4/c1-13-10-17(15-4-2-3-5-16(15)19-13)21-8-6-20(7-9-21)14-11-18-12-14/h2-5,10,14,18H,6-9,11-12H2,1H3. The molecule has 2 aromatic rings. The number of pyridine rings is 1. The highest BCUT2D eigenvalue weighted by atomic mass is 15.3. The molecular formula is C17H22N4. The first-order valence-electron chi connectivity index (χ1n) is 7.87. The van der Waals surface area contributed by atoms with Crippen molar-refractivity contribution in [3.63, 3.8) is 0 Å². The second-order valence-electron chi connectivity index (χ2n) is 6.14. The topological polar surface area (TPSA) is 31.4 Å². The number of aryl methyl sites for hydroxylation is 1. The second-order valence-corrected chi connectivity index (χ2v) is 6.14. The number of fused-ring (bicyclic) bond motifs is 1. The Bertz CT molecular complexity index is 642. The Hall–Kier alpha value is -1.65. The highest BCUT2D eigenvalue weighted by Gasteiger charge is 2.28. The summed E-state index contributed by atoms with van der Waals surface area (Å²) in [5.74, 6) is 0. The average molecular weight is 282 g/mol. The Balaban J connectivity index is 1.59. The minimum absolute atomic E-state index is 0.767. The van der Waals surface area contributed by atoms with Gasteiger partial charge in [-0.15, -0.1) is 0 Å². The molecule has 1 aromatic carbocycles. The Morgan fingerprint density at radius 1 is 1.10 bits per heavy atom. The molecule has 1 N–H and O–H groups in total. The number of benzene rings is 1. The average Bonchev–Trinajstić information content (AvgIpc) is 2.45. The van der Waals surface area contributed by atoms with Gasteiger partial charge in [0, 0.05) is 62.1 Å². The van der Waals surface area contributed by atoms with Crippen molar-refractivity contribution in [2.24, 2.45) is 0 Å². The number of nitrogens with one attached hydrogen (secondary N) is 1. The monoisotopic (exact) mass is 282 g/mol. The first kappa shape index (κ1) is 13.0. The molecule has 2 fully saturated rings. The summed E-state index contributed by atoms with van der Waals surface area (Å²) in [7, 11) is 0. The molecule has 2 saturated heterocycles. The highest BCUT2D eigenvalue weighted by molar-refractivity contribution is 5.92. The first-order valence-corrected chi connectivity index (χ1v) is 7.87. The molecule has 0 atom stereocenters. The zero-order chi connectivity index (χ0) is 14.2. The molecule has 0 spiro atoms. The molecule has 0 aliphatic carbocycles. The number of aromatic nitrogens is 1. The lowest BCUT2D eigenvalue weighted by Gasteiger charge is -2.44. The molecule has 4 rings (SSSR count). The van der Waals surface area contributed by atoms with Crippen LogP contribution >= 0.6 is 0 Å². The zero-order valence-electron chi connectivity index (χ0n) is 12.5. The van der Waals surface area contributed by atoms with E-state index >= 15 is 0 Å². The van der Waals surface area contributed by atoms with E-state index in [1.165, 1.54) is 24.2 Å². The lowest BCUT2D eigenvalue weighted by molar-refractivity contribution is 0.138. The van der Waals surface area contributed by atoms with Crippen molar-refractivity contribution in [2.75, 3.05) is 44.2 Å². The van der Waals surface area contributed by atoms with E-state index in [0.717, 1.165) is 43.4 Å². The number of para-hydroxylation sites is 1. The van der Waals surface area contributed by atoms with Crippen LogP contribution in [0.1, 0.15) is 5.69 Å². The lowest BCUT2D eigenvalue weighted by Crippen LogP contribution is -2.61. The van der Waals surface area contributed by atoms with Gasteiger partial charge in [-0.2, -0.15) is 0 Å². The molecule has 3 heterocycles. The fourth-order valence-corrected chi connectivity index (χ4v) is 3.41. The van der Waals surface area contributed by atoms with Gasteiger partial charge >= 0.3 is 0 Å². The molecule has 0 amide bonds. The van der Waals surface area contributed by atoms with Gasteiger partial charge in [0.05, 0.1) is 5.52 Å². The summed E-state index contributed by atoms with van der Waals surface area (Å²) in [4.78, 5) is 9.81. The smallest absolute Gasteiger partial charge is 0.0726 e. The van der Waals surface area contributed by atoms with Crippen LogP contribution in [0.4, 0.5) is 5.69 Å². The predicted octanol–water partition coefficient (Wildman–Crippen LogP) is 1.64. The Morgan fingerprint density at radius 3 is 2.57 bits per heavy atom. The van der Waals surface area contributed by atoms with Gasteiger partial charge in [-0.1, -0.05) is 18.2 Å². The van der Waals surface area contributed by atoms with Crippen molar-refractivity contribution in [1.82, 2.24) is 15.2 Å². The third-order valence-corrected chi connectivity index (χ3v) is 4.75. The quantitative estimate of drug-likeness (QED) is 0.907. The number of hydrogen-bond acceptors (Lipinski definition) is 4. The molecule has 0 radical (unpaired) electrons. The summed E-state index contributed by atoms with van der Waals surface area (Å²) in [6.07, 6.45) is 0. The molecule has 0 bridgehead atoms. The zero-order valence-corrected chi connectivity index (χ0v) is 12.5. The number of hydrogen-bond donors (Lipinski definition) is 1. The van der Waals surface area contributed by atoms with Crippen molar-refractivity contribution >= 4 is 16.6 Å². The van der Waals surface area contributed by atoms with Crippen molar-refractivity contribution in [1.29, 1.82) is 0 Å². The molecule has 1 aromatic heterocycles. The van der Waals surface area contributed by atoms with E-state index in [1.807, 2.05) is 0 Å². The Labute approximate surface area is 125 Å². The van der Waals surface area contributed by atoms with Crippen LogP contribution in [-0.4, -0.2) is 55.2 Å². The third-order valence-electron chi connectivity index (χ3n) is 4.75. The maximum atomic E-state index is 4.65. The molecular weight excluding hydrogens is 260 g/mol. The minimum Gasteiger partial charge on any atom is -0.368 e. The maximum absolute atomic E-state index is 4.65. The molecule has 2 aliphatic rings. The molecule has 21 heavy (non-hydrogen) atoms. The molecule has 110 valence electrons. The molecule has 4 heteroatoms. The van der Waals surface area contributed by atoms with E-state index in [-0.39, 0.29) is 0 Å². The summed E-state index contributed by atoms with van der Waals surface area (Å²) in [5, 5.41) is 4.65. The van der Waals surface area contributed by atoms with E-state index in [1.54, 1.807) is 0 Å². The lowest BCUT2D eigenvalue weighted by atomic mass is 10.1. The first-order chi connectivity index (χ1) is 10.3. The molecule has 0 saturated carbocycles. The molecule has 0 unspecified atom stereocenters. The normalized spacial score (nSPS) is 20.7. The van der Waals surface area contributed by atoms with Crippen LogP contribution in [0, 0.1) is 6.92 Å². The van der Waals surface area contributed by atoms with Gasteiger partial charge in [0.15, 0.2) is 0 Å². The Morgan fingerprint density at radius 2 is 1.86 bits per heavy atom. The van der Waals surface area contributed by atoms with Crippen molar-refractivity contribution in [3.8, 4) is 0 Å². The van der Waals surface area contributed by atoms with Gasteiger partial charge in [-0.05, 0) is 19.1 Å². The summed E-state index contributed by atoms with van der Waals surface area (Å²) in [6.45, 7) is 8.98. The summed E-state index contributed by atoms with van der Waals surface area (Å²) >= 11 is 0. The van der Waals surface area contributed by atoms with E-state index in [0.29, 0.717) is 0 Å². The van der Waals surface area contributed by atoms with Gasteiger partial charge in [0.25, 0.3) is 0 Å². The fourth-order valence-electron chi connectivity index (χ4n) is 3.41. The van der Waals surface area contributed by atoms with Crippen LogP contribution in [0.15, 0.2) is 30.3 Å². The number of piperazine rings is 1. The van der Waals surface area contributed by atoms with Gasteiger partial charge in [-0.25, -0.2) is 0 Å². The molecule has 2 aliphatic heterocycles. The Kier molecular flexibility index (Phi) is 3.28. The fraction of sp³-hybridized carbons (Fsp3) is 0.471. The van der Waals surface area contributed by atoms with Crippen LogP contribution < -0.4 is 10.2 Å². The van der Waals surface area contributed by atoms with E-state index in [4.69, 9.17) is 0 Å². The van der Waals surface area contributed by atoms with Crippen molar-refractivity contribution in [3.05, 3.63) is 36.0 Å². The van der Waals surface area contributed by atoms with Crippen LogP contribution in [-0.2, 0) is 0 Å². The van der Waals surface area contributed by atoms with Crippen molar-refractivity contribution in [2.45, 2.75) is 13.0 Å². The maximum Gasteiger partial charge on any atom is 0.0726 e. The van der Waals surface area contributed by atoms with Crippen LogP contribution in [0.5, 0.6) is 0 Å². The van der Waals surface area contributed by atoms with Crippen molar-refractivity contribution < 1.29 is 0 Å². The predicted molar refractivity (Wildman–Crippen MR) is 86.9 cm³/mol. The van der Waals surface area contributed by atoms with Gasteiger partial charge in [0.2, 0.25) is 0 Å².